The van der Waals surface area contributed by atoms with Crippen LogP contribution in [0, 0.1) is 13.8 Å². The molecule has 1 fully saturated rings. The number of anilines is 1. The van der Waals surface area contributed by atoms with E-state index in [0.29, 0.717) is 27.7 Å². The zero-order valence-corrected chi connectivity index (χ0v) is 24.1. The molecule has 7 nitrogen and oxygen atoms in total. The summed E-state index contributed by atoms with van der Waals surface area (Å²) in [5, 5.41) is 3.81. The van der Waals surface area contributed by atoms with Crippen LogP contribution in [-0.4, -0.2) is 50.0 Å². The van der Waals surface area contributed by atoms with Gasteiger partial charge in [0.2, 0.25) is 21.8 Å². The first-order chi connectivity index (χ1) is 17.4. The van der Waals surface area contributed by atoms with E-state index in [1.54, 1.807) is 37.3 Å². The number of nitrogens with one attached hydrogen (secondary N) is 1. The van der Waals surface area contributed by atoms with Crippen LogP contribution in [-0.2, 0) is 26.2 Å². The molecule has 1 aliphatic carbocycles. The van der Waals surface area contributed by atoms with Gasteiger partial charge in [0, 0.05) is 28.2 Å². The topological polar surface area (TPSA) is 86.8 Å². The van der Waals surface area contributed by atoms with E-state index >= 15 is 0 Å². The van der Waals surface area contributed by atoms with Gasteiger partial charge in [-0.1, -0.05) is 66.7 Å². The number of halogens is 2. The summed E-state index contributed by atoms with van der Waals surface area (Å²) in [6.45, 7) is 5.05. The molecule has 0 saturated heterocycles. The lowest BCUT2D eigenvalue weighted by molar-refractivity contribution is -0.140. The third kappa shape index (κ3) is 7.39. The van der Waals surface area contributed by atoms with Gasteiger partial charge in [-0.05, 0) is 56.9 Å². The second kappa shape index (κ2) is 12.5. The molecule has 1 atom stereocenters. The van der Waals surface area contributed by atoms with Crippen molar-refractivity contribution in [1.82, 2.24) is 10.2 Å². The molecule has 0 bridgehead atoms. The summed E-state index contributed by atoms with van der Waals surface area (Å²) in [6, 6.07) is 9.66. The molecule has 0 aromatic heterocycles. The fraction of sp³-hybridized carbons (Fsp3) is 0.481. The number of carbonyl (C=O) groups is 2. The summed E-state index contributed by atoms with van der Waals surface area (Å²) >= 11 is 12.8. The maximum atomic E-state index is 13.9. The zero-order chi connectivity index (χ0) is 27.3. The normalized spacial score (nSPS) is 14.9. The molecule has 0 radical (unpaired) electrons. The van der Waals surface area contributed by atoms with Gasteiger partial charge >= 0.3 is 0 Å². The van der Waals surface area contributed by atoms with Crippen molar-refractivity contribution < 1.29 is 18.0 Å². The number of rotatable bonds is 10. The zero-order valence-electron chi connectivity index (χ0n) is 21.8. The molecule has 0 unspecified atom stereocenters. The Kier molecular flexibility index (Phi) is 9.89. The molecule has 1 saturated carbocycles. The van der Waals surface area contributed by atoms with Gasteiger partial charge < -0.3 is 10.2 Å². The first kappa shape index (κ1) is 29.3. The Morgan fingerprint density at radius 2 is 1.70 bits per heavy atom. The van der Waals surface area contributed by atoms with Crippen LogP contribution < -0.4 is 9.62 Å². The summed E-state index contributed by atoms with van der Waals surface area (Å²) in [5.41, 5.74) is 2.62. The smallest absolute Gasteiger partial charge is 0.244 e. The fourth-order valence-electron chi connectivity index (χ4n) is 4.82. The van der Waals surface area contributed by atoms with E-state index in [2.05, 4.69) is 5.32 Å². The van der Waals surface area contributed by atoms with Crippen LogP contribution in [0.3, 0.4) is 0 Å². The number of benzene rings is 2. The van der Waals surface area contributed by atoms with E-state index in [4.69, 9.17) is 23.2 Å². The van der Waals surface area contributed by atoms with Crippen molar-refractivity contribution in [2.75, 3.05) is 17.1 Å². The van der Waals surface area contributed by atoms with Crippen LogP contribution in [0.1, 0.15) is 55.7 Å². The van der Waals surface area contributed by atoms with Gasteiger partial charge in [-0.3, -0.25) is 13.9 Å². The molecule has 2 aromatic rings. The highest BCUT2D eigenvalue weighted by atomic mass is 35.5. The van der Waals surface area contributed by atoms with Gasteiger partial charge in [-0.15, -0.1) is 0 Å². The fourth-order valence-corrected chi connectivity index (χ4v) is 6.24. The molecule has 2 aromatic carbocycles. The van der Waals surface area contributed by atoms with Crippen molar-refractivity contribution in [1.29, 1.82) is 0 Å². The van der Waals surface area contributed by atoms with Crippen LogP contribution in [0.5, 0.6) is 0 Å². The van der Waals surface area contributed by atoms with Crippen LogP contribution in [0.2, 0.25) is 10.0 Å². The molecular weight excluding hydrogens is 533 g/mol. The molecule has 1 aliphatic rings. The van der Waals surface area contributed by atoms with E-state index in [1.807, 2.05) is 19.9 Å². The molecule has 3 rings (SSSR count). The average molecular weight is 569 g/mol. The van der Waals surface area contributed by atoms with Gasteiger partial charge in [0.15, 0.2) is 0 Å². The molecule has 202 valence electrons. The minimum absolute atomic E-state index is 0.0293. The van der Waals surface area contributed by atoms with Crippen molar-refractivity contribution in [3.8, 4) is 0 Å². The molecule has 37 heavy (non-hydrogen) atoms. The van der Waals surface area contributed by atoms with Crippen molar-refractivity contribution in [3.05, 3.63) is 63.1 Å². The van der Waals surface area contributed by atoms with Crippen molar-refractivity contribution in [3.63, 3.8) is 0 Å². The average Bonchev–Trinajstić information content (AvgIpc) is 3.32. The first-order valence-electron chi connectivity index (χ1n) is 12.5. The standard InChI is InChI=1S/C27H35Cl2N3O4S/c1-5-24(27(34)30-20-9-6-7-10-20)31(16-21-22(28)11-8-12-23(21)29)26(33)17-32(37(4,35)36)25-14-13-18(2)15-19(25)3/h8,11-15,20,24H,5-7,9-10,16-17H2,1-4H3,(H,30,34)/t24-/m0/s1. The summed E-state index contributed by atoms with van der Waals surface area (Å²) in [5.74, 6) is -0.779. The van der Waals surface area contributed by atoms with Gasteiger partial charge in [-0.2, -0.15) is 0 Å². The first-order valence-corrected chi connectivity index (χ1v) is 15.1. The number of carbonyl (C=O) groups excluding carboxylic acids is 2. The number of amides is 2. The van der Waals surface area contributed by atoms with Gasteiger partial charge in [0.05, 0.1) is 11.9 Å². The van der Waals surface area contributed by atoms with E-state index in [1.165, 1.54) is 4.90 Å². The second-order valence-corrected chi connectivity index (χ2v) is 12.4. The Morgan fingerprint density at radius 1 is 1.08 bits per heavy atom. The van der Waals surface area contributed by atoms with Crippen molar-refractivity contribution in [2.24, 2.45) is 0 Å². The predicted molar refractivity (Wildman–Crippen MR) is 150 cm³/mol. The Balaban J connectivity index is 1.99. The predicted octanol–water partition coefficient (Wildman–Crippen LogP) is 5.24. The molecular formula is C27H35Cl2N3O4S. The van der Waals surface area contributed by atoms with Crippen LogP contribution in [0.15, 0.2) is 36.4 Å². The number of sulfonamides is 1. The second-order valence-electron chi connectivity index (χ2n) is 9.70. The van der Waals surface area contributed by atoms with Crippen molar-refractivity contribution in [2.45, 2.75) is 71.5 Å². The maximum Gasteiger partial charge on any atom is 0.244 e. The lowest BCUT2D eigenvalue weighted by atomic mass is 10.1. The lowest BCUT2D eigenvalue weighted by Gasteiger charge is -2.34. The quantitative estimate of drug-likeness (QED) is 0.425. The van der Waals surface area contributed by atoms with Crippen molar-refractivity contribution >= 4 is 50.7 Å². The van der Waals surface area contributed by atoms with Gasteiger partial charge in [0.1, 0.15) is 12.6 Å². The van der Waals surface area contributed by atoms with E-state index < -0.39 is 28.5 Å². The Morgan fingerprint density at radius 3 is 2.24 bits per heavy atom. The van der Waals surface area contributed by atoms with Gasteiger partial charge in [0.25, 0.3) is 0 Å². The summed E-state index contributed by atoms with van der Waals surface area (Å²) in [6.07, 6.45) is 5.33. The van der Waals surface area contributed by atoms with E-state index in [-0.39, 0.29) is 18.5 Å². The van der Waals surface area contributed by atoms with Gasteiger partial charge in [-0.25, -0.2) is 8.42 Å². The monoisotopic (exact) mass is 567 g/mol. The van der Waals surface area contributed by atoms with E-state index in [9.17, 15) is 18.0 Å². The Bertz CT molecular complexity index is 1230. The molecule has 0 heterocycles. The number of hydrogen-bond acceptors (Lipinski definition) is 4. The molecule has 2 amide bonds. The summed E-state index contributed by atoms with van der Waals surface area (Å²) in [4.78, 5) is 28.7. The highest BCUT2D eigenvalue weighted by Gasteiger charge is 2.34. The molecule has 1 N–H and O–H groups in total. The lowest BCUT2D eigenvalue weighted by Crippen LogP contribution is -2.53. The third-order valence-corrected chi connectivity index (χ3v) is 8.61. The molecule has 10 heteroatoms. The highest BCUT2D eigenvalue weighted by molar-refractivity contribution is 7.92. The number of hydrogen-bond donors (Lipinski definition) is 1. The Labute approximate surface area is 230 Å². The van der Waals surface area contributed by atoms with Crippen LogP contribution >= 0.6 is 23.2 Å². The summed E-state index contributed by atoms with van der Waals surface area (Å²) in [7, 11) is -3.81. The van der Waals surface area contributed by atoms with Crippen LogP contribution in [0.25, 0.3) is 0 Å². The summed E-state index contributed by atoms with van der Waals surface area (Å²) < 4.78 is 26.8. The minimum atomic E-state index is -3.81. The van der Waals surface area contributed by atoms with E-state index in [0.717, 1.165) is 47.4 Å². The minimum Gasteiger partial charge on any atom is -0.352 e. The maximum absolute atomic E-state index is 13.9. The SMILES string of the molecule is CC[C@@H](C(=O)NC1CCCC1)N(Cc1c(Cl)cccc1Cl)C(=O)CN(c1ccc(C)cc1C)S(C)(=O)=O. The number of nitrogens with zero attached hydrogens (tertiary/aromatic N) is 2. The largest absolute Gasteiger partial charge is 0.352 e. The molecule has 0 aliphatic heterocycles. The molecule has 0 spiro atoms. The number of aryl methyl sites for hydroxylation is 2. The Hall–Kier alpha value is -2.29. The highest BCUT2D eigenvalue weighted by Crippen LogP contribution is 2.29. The third-order valence-electron chi connectivity index (χ3n) is 6.78. The van der Waals surface area contributed by atoms with Crippen LogP contribution in [0.4, 0.5) is 5.69 Å².